The van der Waals surface area contributed by atoms with Gasteiger partial charge in [0.15, 0.2) is 0 Å². The Balaban J connectivity index is 2.20. The number of rotatable bonds is 1. The first-order valence-electron chi connectivity index (χ1n) is 5.72. The molecule has 4 heteroatoms. The van der Waals surface area contributed by atoms with E-state index in [1.54, 1.807) is 0 Å². The summed E-state index contributed by atoms with van der Waals surface area (Å²) in [5.41, 5.74) is -0.328. The summed E-state index contributed by atoms with van der Waals surface area (Å²) in [6.07, 6.45) is 2.81. The van der Waals surface area contributed by atoms with Crippen molar-refractivity contribution in [3.8, 4) is 0 Å². The maximum atomic E-state index is 11.6. The van der Waals surface area contributed by atoms with Crippen LogP contribution in [0.5, 0.6) is 0 Å². The first-order chi connectivity index (χ1) is 7.25. The number of halogens is 1. The second-order valence-corrected chi connectivity index (χ2v) is 6.57. The number of carbonyl (C=O) groups is 1. The van der Waals surface area contributed by atoms with Crippen LogP contribution in [0, 0.1) is 11.3 Å². The van der Waals surface area contributed by atoms with E-state index in [1.165, 1.54) is 7.11 Å². The van der Waals surface area contributed by atoms with Crippen molar-refractivity contribution in [1.29, 1.82) is 0 Å². The Bertz CT molecular complexity index is 328. The lowest BCUT2D eigenvalue weighted by molar-refractivity contribution is -0.143. The second-order valence-electron chi connectivity index (χ2n) is 6.04. The molecule has 1 aliphatic carbocycles. The van der Waals surface area contributed by atoms with Gasteiger partial charge in [0.25, 0.3) is 5.06 Å². The largest absolute Gasteiger partial charge is 0.466 e. The van der Waals surface area contributed by atoms with Gasteiger partial charge in [0.2, 0.25) is 0 Å². The molecular weight excluding hydrogens is 228 g/mol. The molecule has 1 saturated carbocycles. The van der Waals surface area contributed by atoms with Crippen LogP contribution in [0.2, 0.25) is 0 Å². The molecule has 0 aromatic carbocycles. The van der Waals surface area contributed by atoms with Crippen LogP contribution in [0.1, 0.15) is 40.0 Å². The molecule has 16 heavy (non-hydrogen) atoms. The van der Waals surface area contributed by atoms with Gasteiger partial charge >= 0.3 is 5.97 Å². The van der Waals surface area contributed by atoms with Crippen LogP contribution >= 0.6 is 11.6 Å². The smallest absolute Gasteiger partial charge is 0.357 e. The molecule has 3 unspecified atom stereocenters. The highest BCUT2D eigenvalue weighted by atomic mass is 35.5. The van der Waals surface area contributed by atoms with E-state index in [0.717, 1.165) is 19.3 Å². The number of methoxy groups -OCH3 is 1. The zero-order chi connectivity index (χ0) is 12.2. The SMILES string of the molecule is COC(=O)C1(Cl)OC12CC(C)CC(C)(C)C2. The van der Waals surface area contributed by atoms with E-state index in [2.05, 4.69) is 20.8 Å². The molecule has 1 spiro atoms. The molecule has 2 aliphatic rings. The molecule has 92 valence electrons. The number of epoxide rings is 1. The summed E-state index contributed by atoms with van der Waals surface area (Å²) in [5, 5.41) is -1.23. The number of carbonyl (C=O) groups excluding carboxylic acids is 1. The Morgan fingerprint density at radius 2 is 2.06 bits per heavy atom. The van der Waals surface area contributed by atoms with Crippen molar-refractivity contribution in [3.63, 3.8) is 0 Å². The van der Waals surface area contributed by atoms with Crippen LogP contribution in [-0.4, -0.2) is 23.7 Å². The van der Waals surface area contributed by atoms with Crippen molar-refractivity contribution in [2.24, 2.45) is 11.3 Å². The minimum absolute atomic E-state index is 0.169. The topological polar surface area (TPSA) is 38.8 Å². The van der Waals surface area contributed by atoms with Gasteiger partial charge in [-0.05, 0) is 30.6 Å². The highest BCUT2D eigenvalue weighted by Gasteiger charge is 2.76. The molecule has 0 bridgehead atoms. The van der Waals surface area contributed by atoms with Gasteiger partial charge in [-0.25, -0.2) is 4.79 Å². The monoisotopic (exact) mass is 246 g/mol. The van der Waals surface area contributed by atoms with E-state index in [9.17, 15) is 4.79 Å². The normalized spacial score (nSPS) is 45.4. The van der Waals surface area contributed by atoms with Crippen molar-refractivity contribution in [1.82, 2.24) is 0 Å². The Kier molecular flexibility index (Phi) is 2.56. The van der Waals surface area contributed by atoms with Crippen LogP contribution < -0.4 is 0 Å². The van der Waals surface area contributed by atoms with Crippen LogP contribution in [0.15, 0.2) is 0 Å². The van der Waals surface area contributed by atoms with Crippen molar-refractivity contribution in [2.75, 3.05) is 7.11 Å². The van der Waals surface area contributed by atoms with Gasteiger partial charge in [-0.2, -0.15) is 0 Å². The third-order valence-corrected chi connectivity index (χ3v) is 4.25. The average molecular weight is 247 g/mol. The summed E-state index contributed by atoms with van der Waals surface area (Å²) in [5.74, 6) is 0.0631. The van der Waals surface area contributed by atoms with Crippen molar-refractivity contribution >= 4 is 17.6 Å². The minimum Gasteiger partial charge on any atom is -0.466 e. The van der Waals surface area contributed by atoms with Gasteiger partial charge in [-0.15, -0.1) is 0 Å². The zero-order valence-corrected chi connectivity index (χ0v) is 11.1. The van der Waals surface area contributed by atoms with E-state index in [-0.39, 0.29) is 5.41 Å². The number of esters is 1. The predicted octanol–water partition coefficient (Wildman–Crippen LogP) is 2.71. The highest BCUT2D eigenvalue weighted by Crippen LogP contribution is 2.64. The second kappa shape index (κ2) is 3.36. The fourth-order valence-electron chi connectivity index (χ4n) is 3.42. The van der Waals surface area contributed by atoms with E-state index >= 15 is 0 Å². The Morgan fingerprint density at radius 1 is 1.44 bits per heavy atom. The molecule has 0 radical (unpaired) electrons. The Morgan fingerprint density at radius 3 is 2.56 bits per heavy atom. The average Bonchev–Trinajstić information content (AvgIpc) is 2.65. The lowest BCUT2D eigenvalue weighted by Gasteiger charge is -2.38. The Hall–Kier alpha value is -0.280. The van der Waals surface area contributed by atoms with Gasteiger partial charge in [0.05, 0.1) is 7.11 Å². The predicted molar refractivity (Wildman–Crippen MR) is 61.2 cm³/mol. The van der Waals surface area contributed by atoms with Crippen molar-refractivity contribution < 1.29 is 14.3 Å². The lowest BCUT2D eigenvalue weighted by Crippen LogP contribution is -2.40. The minimum atomic E-state index is -1.23. The molecule has 3 atom stereocenters. The highest BCUT2D eigenvalue weighted by molar-refractivity contribution is 6.36. The van der Waals surface area contributed by atoms with Crippen LogP contribution in [0.3, 0.4) is 0 Å². The van der Waals surface area contributed by atoms with Gasteiger partial charge < -0.3 is 9.47 Å². The molecule has 0 aromatic heterocycles. The maximum absolute atomic E-state index is 11.6. The van der Waals surface area contributed by atoms with Crippen LogP contribution in [-0.2, 0) is 14.3 Å². The van der Waals surface area contributed by atoms with Gasteiger partial charge in [0, 0.05) is 0 Å². The maximum Gasteiger partial charge on any atom is 0.357 e. The molecule has 0 amide bonds. The molecule has 1 saturated heterocycles. The molecule has 2 rings (SSSR count). The molecule has 0 aromatic rings. The first kappa shape index (κ1) is 12.2. The fourth-order valence-corrected chi connectivity index (χ4v) is 3.79. The summed E-state index contributed by atoms with van der Waals surface area (Å²) in [6, 6.07) is 0. The molecule has 2 fully saturated rings. The summed E-state index contributed by atoms with van der Waals surface area (Å²) < 4.78 is 10.3. The van der Waals surface area contributed by atoms with E-state index in [1.807, 2.05) is 0 Å². The molecular formula is C12H19ClO3. The van der Waals surface area contributed by atoms with Gasteiger partial charge in [0.1, 0.15) is 5.60 Å². The number of ether oxygens (including phenoxy) is 2. The lowest BCUT2D eigenvalue weighted by atomic mass is 9.66. The van der Waals surface area contributed by atoms with Crippen LogP contribution in [0.25, 0.3) is 0 Å². The first-order valence-corrected chi connectivity index (χ1v) is 6.10. The van der Waals surface area contributed by atoms with Crippen molar-refractivity contribution in [2.45, 2.75) is 50.7 Å². The van der Waals surface area contributed by atoms with Gasteiger partial charge in [-0.3, -0.25) is 0 Å². The fraction of sp³-hybridized carbons (Fsp3) is 0.917. The van der Waals surface area contributed by atoms with E-state index in [4.69, 9.17) is 21.1 Å². The summed E-state index contributed by atoms with van der Waals surface area (Å²) in [4.78, 5) is 11.6. The number of hydrogen-bond acceptors (Lipinski definition) is 3. The van der Waals surface area contributed by atoms with Gasteiger partial charge in [-0.1, -0.05) is 32.4 Å². The molecule has 3 nitrogen and oxygen atoms in total. The number of hydrogen-bond donors (Lipinski definition) is 0. The molecule has 1 heterocycles. The summed E-state index contributed by atoms with van der Waals surface area (Å²) in [6.45, 7) is 6.57. The number of alkyl halides is 1. The Labute approximate surface area is 101 Å². The summed E-state index contributed by atoms with van der Waals surface area (Å²) >= 11 is 6.23. The third kappa shape index (κ3) is 1.65. The van der Waals surface area contributed by atoms with Crippen LogP contribution in [0.4, 0.5) is 0 Å². The quantitative estimate of drug-likeness (QED) is 0.406. The van der Waals surface area contributed by atoms with E-state index in [0.29, 0.717) is 5.92 Å². The van der Waals surface area contributed by atoms with Crippen molar-refractivity contribution in [3.05, 3.63) is 0 Å². The zero-order valence-electron chi connectivity index (χ0n) is 10.3. The van der Waals surface area contributed by atoms with E-state index < -0.39 is 16.6 Å². The third-order valence-electron chi connectivity index (χ3n) is 3.67. The molecule has 0 N–H and O–H groups in total. The standard InChI is InChI=1S/C12H19ClO3/c1-8-5-10(2,3)7-11(6-8)12(13,16-11)9(14)15-4/h8H,5-7H2,1-4H3. The molecule has 1 aliphatic heterocycles. The summed E-state index contributed by atoms with van der Waals surface area (Å²) in [7, 11) is 1.35.